The van der Waals surface area contributed by atoms with Crippen LogP contribution < -0.4 is 4.90 Å². The molecule has 4 heterocycles. The van der Waals surface area contributed by atoms with Crippen LogP contribution in [-0.4, -0.2) is 50.9 Å². The molecule has 0 aliphatic carbocycles. The fourth-order valence-corrected chi connectivity index (χ4v) is 4.54. The van der Waals surface area contributed by atoms with Crippen LogP contribution >= 0.6 is 11.6 Å². The zero-order valence-corrected chi connectivity index (χ0v) is 17.9. The molecular weight excluding hydrogens is 414 g/mol. The van der Waals surface area contributed by atoms with Gasteiger partial charge in [-0.05, 0) is 54.2 Å². The van der Waals surface area contributed by atoms with E-state index in [1.807, 2.05) is 30.3 Å². The lowest BCUT2D eigenvalue weighted by molar-refractivity contribution is 0.0484. The minimum atomic E-state index is -0.0340. The lowest BCUT2D eigenvalue weighted by atomic mass is 9.92. The number of likely N-dealkylation sites (tertiary alicyclic amines) is 1. The largest absolute Gasteiger partial charge is 0.335 e. The van der Waals surface area contributed by atoms with Gasteiger partial charge in [-0.1, -0.05) is 11.6 Å². The Kier molecular flexibility index (Phi) is 4.98. The number of benzene rings is 1. The van der Waals surface area contributed by atoms with E-state index in [2.05, 4.69) is 9.97 Å². The summed E-state index contributed by atoms with van der Waals surface area (Å²) in [6.45, 7) is 2.01. The second-order valence-corrected chi connectivity index (χ2v) is 8.64. The van der Waals surface area contributed by atoms with Gasteiger partial charge in [0.15, 0.2) is 5.82 Å². The highest BCUT2D eigenvalue weighted by Crippen LogP contribution is 2.28. The zero-order chi connectivity index (χ0) is 21.5. The Morgan fingerprint density at radius 3 is 2.84 bits per heavy atom. The van der Waals surface area contributed by atoms with Gasteiger partial charge in [-0.2, -0.15) is 0 Å². The molecule has 0 radical (unpaired) electrons. The van der Waals surface area contributed by atoms with E-state index in [0.717, 1.165) is 29.7 Å². The highest BCUT2D eigenvalue weighted by molar-refractivity contribution is 6.30. The summed E-state index contributed by atoms with van der Waals surface area (Å²) in [6.07, 6.45) is 8.57. The second kappa shape index (κ2) is 7.81. The first-order valence-corrected chi connectivity index (χ1v) is 10.7. The highest BCUT2D eigenvalue weighted by atomic mass is 35.5. The van der Waals surface area contributed by atoms with Gasteiger partial charge in [0.25, 0.3) is 11.8 Å². The van der Waals surface area contributed by atoms with Crippen LogP contribution in [0.3, 0.4) is 0 Å². The summed E-state index contributed by atoms with van der Waals surface area (Å²) in [5.41, 5.74) is 3.57. The highest BCUT2D eigenvalue weighted by Gasteiger charge is 2.33. The van der Waals surface area contributed by atoms with Crippen LogP contribution in [0, 0.1) is 5.92 Å². The third-order valence-corrected chi connectivity index (χ3v) is 6.26. The molecule has 8 heteroatoms. The number of aryl methyl sites for hydroxylation is 1. The van der Waals surface area contributed by atoms with Gasteiger partial charge in [0.2, 0.25) is 0 Å². The van der Waals surface area contributed by atoms with Crippen LogP contribution in [0.5, 0.6) is 0 Å². The molecule has 0 atom stereocenters. The van der Waals surface area contributed by atoms with Gasteiger partial charge < -0.3 is 14.4 Å². The Morgan fingerprint density at radius 1 is 1.23 bits per heavy atom. The second-order valence-electron chi connectivity index (χ2n) is 8.20. The van der Waals surface area contributed by atoms with Crippen LogP contribution in [0.4, 0.5) is 5.69 Å². The third-order valence-electron chi connectivity index (χ3n) is 6.02. The van der Waals surface area contributed by atoms with E-state index in [0.29, 0.717) is 42.0 Å². The van der Waals surface area contributed by atoms with E-state index in [4.69, 9.17) is 11.6 Å². The van der Waals surface area contributed by atoms with Crippen molar-refractivity contribution in [3.05, 3.63) is 76.6 Å². The monoisotopic (exact) mass is 435 g/mol. The van der Waals surface area contributed by atoms with Gasteiger partial charge in [-0.15, -0.1) is 0 Å². The summed E-state index contributed by atoms with van der Waals surface area (Å²) >= 11 is 6.07. The molecule has 1 fully saturated rings. The van der Waals surface area contributed by atoms with Crippen molar-refractivity contribution in [2.24, 2.45) is 13.0 Å². The lowest BCUT2D eigenvalue weighted by Crippen LogP contribution is -2.51. The van der Waals surface area contributed by atoms with Crippen molar-refractivity contribution in [2.45, 2.75) is 12.8 Å². The minimum absolute atomic E-state index is 0.0210. The van der Waals surface area contributed by atoms with E-state index in [1.165, 1.54) is 0 Å². The number of halogens is 1. The number of carbonyl (C=O) groups excluding carboxylic acids is 2. The number of imidazole rings is 1. The topological polar surface area (TPSA) is 71.3 Å². The molecule has 31 heavy (non-hydrogen) atoms. The number of hydrogen-bond acceptors (Lipinski definition) is 4. The zero-order valence-electron chi connectivity index (χ0n) is 17.2. The maximum atomic E-state index is 13.0. The van der Waals surface area contributed by atoms with Crippen molar-refractivity contribution >= 4 is 29.1 Å². The number of carbonyl (C=O) groups is 2. The third kappa shape index (κ3) is 3.70. The minimum Gasteiger partial charge on any atom is -0.335 e. The first-order chi connectivity index (χ1) is 15.0. The summed E-state index contributed by atoms with van der Waals surface area (Å²) in [6, 6.07) is 7.46. The van der Waals surface area contributed by atoms with Gasteiger partial charge >= 0.3 is 0 Å². The van der Waals surface area contributed by atoms with Crippen molar-refractivity contribution in [3.63, 3.8) is 0 Å². The molecule has 2 aromatic heterocycles. The number of aromatic nitrogens is 3. The van der Waals surface area contributed by atoms with E-state index in [-0.39, 0.29) is 11.8 Å². The van der Waals surface area contributed by atoms with Crippen LogP contribution in [0.2, 0.25) is 5.02 Å². The number of anilines is 1. The number of hydrogen-bond donors (Lipinski definition) is 0. The number of nitrogens with zero attached hydrogens (tertiary/aromatic N) is 5. The van der Waals surface area contributed by atoms with Gasteiger partial charge in [0.05, 0.1) is 11.9 Å². The van der Waals surface area contributed by atoms with E-state index < -0.39 is 0 Å². The first kappa shape index (κ1) is 19.8. The maximum absolute atomic E-state index is 13.0. The molecule has 2 aliphatic rings. The predicted octanol–water partition coefficient (Wildman–Crippen LogP) is 2.99. The number of rotatable bonds is 4. The summed E-state index contributed by atoms with van der Waals surface area (Å²) < 4.78 is 1.74. The molecule has 1 aromatic carbocycles. The summed E-state index contributed by atoms with van der Waals surface area (Å²) in [7, 11) is 1.82. The molecule has 158 valence electrons. The molecule has 2 amide bonds. The van der Waals surface area contributed by atoms with Gasteiger partial charge in [-0.3, -0.25) is 14.6 Å². The van der Waals surface area contributed by atoms with Gasteiger partial charge in [0, 0.05) is 55.9 Å². The van der Waals surface area contributed by atoms with Crippen LogP contribution in [0.1, 0.15) is 32.1 Å². The van der Waals surface area contributed by atoms with E-state index >= 15 is 0 Å². The molecule has 2 aliphatic heterocycles. The van der Waals surface area contributed by atoms with Crippen LogP contribution in [0.15, 0.2) is 49.1 Å². The van der Waals surface area contributed by atoms with E-state index in [1.54, 1.807) is 40.2 Å². The molecule has 0 spiro atoms. The Labute approximate surface area is 185 Å². The molecule has 3 aromatic rings. The Morgan fingerprint density at radius 2 is 2.06 bits per heavy atom. The van der Waals surface area contributed by atoms with Crippen molar-refractivity contribution in [1.82, 2.24) is 19.4 Å². The molecular formula is C23H22ClN5O2. The SMILES string of the molecule is Cn1ccnc1C(=O)N1CC(Cc2cncc(N3CCc4cc(Cl)ccc4C3=O)c2)C1. The maximum Gasteiger partial charge on any atom is 0.289 e. The summed E-state index contributed by atoms with van der Waals surface area (Å²) in [5.74, 6) is 0.786. The predicted molar refractivity (Wildman–Crippen MR) is 117 cm³/mol. The van der Waals surface area contributed by atoms with Crippen molar-refractivity contribution in [1.29, 1.82) is 0 Å². The lowest BCUT2D eigenvalue weighted by Gasteiger charge is -2.39. The molecule has 5 rings (SSSR count). The average molecular weight is 436 g/mol. The molecule has 0 bridgehead atoms. The smallest absolute Gasteiger partial charge is 0.289 e. The average Bonchev–Trinajstić information content (AvgIpc) is 3.16. The standard InChI is InChI=1S/C23H22ClN5O2/c1-27-7-5-26-21(27)23(31)28-13-16(14-28)8-15-9-19(12-25-11-15)29-6-4-17-10-18(24)2-3-20(17)22(29)30/h2-3,5,7,9-12,16H,4,6,8,13-14H2,1H3. The summed E-state index contributed by atoms with van der Waals surface area (Å²) in [5, 5.41) is 0.652. The molecule has 7 nitrogen and oxygen atoms in total. The fraction of sp³-hybridized carbons (Fsp3) is 0.304. The van der Waals surface area contributed by atoms with Crippen LogP contribution in [-0.2, 0) is 19.9 Å². The van der Waals surface area contributed by atoms with E-state index in [9.17, 15) is 9.59 Å². The Hall–Kier alpha value is -3.19. The molecule has 1 saturated heterocycles. The summed E-state index contributed by atoms with van der Waals surface area (Å²) in [4.78, 5) is 37.6. The molecule has 0 unspecified atom stereocenters. The quantitative estimate of drug-likeness (QED) is 0.631. The van der Waals surface area contributed by atoms with Crippen molar-refractivity contribution in [2.75, 3.05) is 24.5 Å². The van der Waals surface area contributed by atoms with Gasteiger partial charge in [0.1, 0.15) is 0 Å². The Balaban J connectivity index is 1.25. The number of amides is 2. The normalized spacial score (nSPS) is 16.3. The van der Waals surface area contributed by atoms with Crippen LogP contribution in [0.25, 0.3) is 0 Å². The molecule has 0 N–H and O–H groups in total. The first-order valence-electron chi connectivity index (χ1n) is 10.3. The van der Waals surface area contributed by atoms with Crippen molar-refractivity contribution in [3.8, 4) is 0 Å². The number of fused-ring (bicyclic) bond motifs is 1. The van der Waals surface area contributed by atoms with Gasteiger partial charge in [-0.25, -0.2) is 4.98 Å². The Bertz CT molecular complexity index is 1170. The molecule has 0 saturated carbocycles. The fourth-order valence-electron chi connectivity index (χ4n) is 4.35. The van der Waals surface area contributed by atoms with Crippen molar-refractivity contribution < 1.29 is 9.59 Å². The number of pyridine rings is 1.